The Labute approximate surface area is 103 Å². The van der Waals surface area contributed by atoms with Gasteiger partial charge in [0, 0.05) is 20.8 Å². The highest BCUT2D eigenvalue weighted by Crippen LogP contribution is 2.33. The van der Waals surface area contributed by atoms with Crippen molar-refractivity contribution < 1.29 is 4.79 Å². The Morgan fingerprint density at radius 2 is 2.20 bits per heavy atom. The molecule has 0 fully saturated rings. The van der Waals surface area contributed by atoms with Crippen molar-refractivity contribution in [2.24, 2.45) is 0 Å². The zero-order valence-electron chi connectivity index (χ0n) is 7.28. The van der Waals surface area contributed by atoms with Crippen molar-refractivity contribution >= 4 is 45.2 Å². The lowest BCUT2D eigenvalue weighted by Gasteiger charge is -2.02. The van der Waals surface area contributed by atoms with E-state index in [0.29, 0.717) is 17.5 Å². The van der Waals surface area contributed by atoms with E-state index in [9.17, 15) is 4.79 Å². The van der Waals surface area contributed by atoms with Crippen LogP contribution in [-0.2, 0) is 0 Å². The molecule has 0 spiro atoms. The summed E-state index contributed by atoms with van der Waals surface area (Å²) in [5.41, 5.74) is 1.72. The second-order valence-electron chi connectivity index (χ2n) is 2.68. The molecule has 6 heteroatoms. The first-order valence-corrected chi connectivity index (χ1v) is 6.03. The first kappa shape index (κ1) is 10.7. The monoisotopic (exact) mass is 302 g/mol. The molecule has 0 aliphatic rings. The van der Waals surface area contributed by atoms with Gasteiger partial charge in [0.05, 0.1) is 11.3 Å². The molecule has 2 heterocycles. The lowest BCUT2D eigenvalue weighted by Crippen LogP contribution is -1.94. The lowest BCUT2D eigenvalue weighted by atomic mass is 10.1. The summed E-state index contributed by atoms with van der Waals surface area (Å²) in [6.07, 6.45) is 2.01. The molecular weight excluding hydrogens is 300 g/mol. The van der Waals surface area contributed by atoms with Gasteiger partial charge in [-0.1, -0.05) is 11.6 Å². The van der Waals surface area contributed by atoms with Crippen molar-refractivity contribution in [3.63, 3.8) is 0 Å². The molecule has 0 saturated carbocycles. The van der Waals surface area contributed by atoms with Crippen LogP contribution in [-0.4, -0.2) is 16.3 Å². The highest BCUT2D eigenvalue weighted by atomic mass is 79.9. The number of rotatable bonds is 2. The summed E-state index contributed by atoms with van der Waals surface area (Å²) in [5, 5.41) is 3.99. The van der Waals surface area contributed by atoms with Crippen LogP contribution in [0.5, 0.6) is 0 Å². The molecule has 0 amide bonds. The first-order valence-electron chi connectivity index (χ1n) is 3.91. The minimum absolute atomic E-state index is 0.174. The van der Waals surface area contributed by atoms with E-state index in [4.69, 9.17) is 11.6 Å². The Morgan fingerprint density at radius 1 is 1.40 bits per heavy atom. The molecule has 0 unspecified atom stereocenters. The Kier molecular flexibility index (Phi) is 3.14. The number of carbonyl (C=O) groups excluding carboxylic acids is 1. The molecule has 0 aromatic carbocycles. The van der Waals surface area contributed by atoms with E-state index in [-0.39, 0.29) is 5.15 Å². The van der Waals surface area contributed by atoms with Gasteiger partial charge in [0.15, 0.2) is 6.29 Å². The van der Waals surface area contributed by atoms with Gasteiger partial charge in [-0.05, 0) is 15.9 Å². The molecule has 0 aliphatic heterocycles. The summed E-state index contributed by atoms with van der Waals surface area (Å²) in [4.78, 5) is 18.7. The standard InChI is InChI=1S/C9H4BrClN2OS/c10-7-3-15-2-6(7)8-5(1-14)9(11)13-4-12-8/h1-4H. The molecule has 3 nitrogen and oxygen atoms in total. The van der Waals surface area contributed by atoms with Gasteiger partial charge in [-0.25, -0.2) is 9.97 Å². The van der Waals surface area contributed by atoms with Crippen LogP contribution in [0.3, 0.4) is 0 Å². The maximum Gasteiger partial charge on any atom is 0.155 e. The van der Waals surface area contributed by atoms with Crippen LogP contribution in [0, 0.1) is 0 Å². The molecular formula is C9H4BrClN2OS. The van der Waals surface area contributed by atoms with E-state index in [2.05, 4.69) is 25.9 Å². The summed E-state index contributed by atoms with van der Waals surface area (Å²) in [5.74, 6) is 0. The zero-order valence-corrected chi connectivity index (χ0v) is 10.4. The molecule has 0 saturated heterocycles. The zero-order chi connectivity index (χ0) is 10.8. The fourth-order valence-electron chi connectivity index (χ4n) is 1.14. The average molecular weight is 304 g/mol. The molecule has 0 radical (unpaired) electrons. The van der Waals surface area contributed by atoms with Gasteiger partial charge in [0.2, 0.25) is 0 Å². The van der Waals surface area contributed by atoms with Crippen LogP contribution >= 0.6 is 38.9 Å². The number of hydrogen-bond donors (Lipinski definition) is 0. The number of aldehydes is 1. The van der Waals surface area contributed by atoms with Crippen molar-refractivity contribution in [1.82, 2.24) is 9.97 Å². The third kappa shape index (κ3) is 1.95. The molecule has 0 aliphatic carbocycles. The second-order valence-corrected chi connectivity index (χ2v) is 4.63. The van der Waals surface area contributed by atoms with Crippen molar-refractivity contribution in [1.29, 1.82) is 0 Å². The van der Waals surface area contributed by atoms with Gasteiger partial charge < -0.3 is 0 Å². The quantitative estimate of drug-likeness (QED) is 0.630. The van der Waals surface area contributed by atoms with E-state index in [0.717, 1.165) is 10.0 Å². The summed E-state index contributed by atoms with van der Waals surface area (Å²) in [6, 6.07) is 0. The number of carbonyl (C=O) groups is 1. The predicted octanol–water partition coefficient (Wildman–Crippen LogP) is 3.43. The van der Waals surface area contributed by atoms with Gasteiger partial charge in [0.25, 0.3) is 0 Å². The third-order valence-electron chi connectivity index (χ3n) is 1.82. The fraction of sp³-hybridized carbons (Fsp3) is 0. The minimum Gasteiger partial charge on any atom is -0.298 e. The number of thiophene rings is 1. The number of hydrogen-bond acceptors (Lipinski definition) is 4. The van der Waals surface area contributed by atoms with E-state index in [1.54, 1.807) is 0 Å². The molecule has 0 atom stereocenters. The summed E-state index contributed by atoms with van der Waals surface area (Å²) < 4.78 is 0.894. The van der Waals surface area contributed by atoms with E-state index in [1.807, 2.05) is 10.8 Å². The van der Waals surface area contributed by atoms with Gasteiger partial charge in [-0.2, -0.15) is 11.3 Å². The normalized spacial score (nSPS) is 10.3. The first-order chi connectivity index (χ1) is 7.24. The predicted molar refractivity (Wildman–Crippen MR) is 63.4 cm³/mol. The van der Waals surface area contributed by atoms with Crippen LogP contribution in [0.25, 0.3) is 11.3 Å². The maximum absolute atomic E-state index is 10.9. The molecule has 2 rings (SSSR count). The molecule has 15 heavy (non-hydrogen) atoms. The minimum atomic E-state index is 0.174. The molecule has 2 aromatic heterocycles. The smallest absolute Gasteiger partial charge is 0.155 e. The Bertz CT molecular complexity index is 515. The van der Waals surface area contributed by atoms with Crippen molar-refractivity contribution in [2.75, 3.05) is 0 Å². The van der Waals surface area contributed by atoms with E-state index in [1.165, 1.54) is 17.7 Å². The molecule has 0 bridgehead atoms. The number of nitrogens with zero attached hydrogens (tertiary/aromatic N) is 2. The van der Waals surface area contributed by atoms with Crippen molar-refractivity contribution in [2.45, 2.75) is 0 Å². The van der Waals surface area contributed by atoms with Crippen LogP contribution in [0.1, 0.15) is 10.4 Å². The summed E-state index contributed by atoms with van der Waals surface area (Å²) >= 11 is 10.7. The average Bonchev–Trinajstić information content (AvgIpc) is 2.64. The maximum atomic E-state index is 10.9. The van der Waals surface area contributed by atoms with Crippen LogP contribution in [0.4, 0.5) is 0 Å². The number of halogens is 2. The summed E-state index contributed by atoms with van der Waals surface area (Å²) in [6.45, 7) is 0. The topological polar surface area (TPSA) is 42.9 Å². The SMILES string of the molecule is O=Cc1c(Cl)ncnc1-c1cscc1Br. The Balaban J connectivity index is 2.68. The second kappa shape index (κ2) is 4.38. The lowest BCUT2D eigenvalue weighted by molar-refractivity contribution is 0.112. The molecule has 2 aromatic rings. The van der Waals surface area contributed by atoms with Gasteiger partial charge in [0.1, 0.15) is 11.5 Å². The van der Waals surface area contributed by atoms with Crippen LogP contribution < -0.4 is 0 Å². The Morgan fingerprint density at radius 3 is 2.80 bits per heavy atom. The number of aromatic nitrogens is 2. The van der Waals surface area contributed by atoms with Gasteiger partial charge in [-0.3, -0.25) is 4.79 Å². The molecule has 0 N–H and O–H groups in total. The van der Waals surface area contributed by atoms with Crippen LogP contribution in [0.15, 0.2) is 21.6 Å². The van der Waals surface area contributed by atoms with Crippen LogP contribution in [0.2, 0.25) is 5.15 Å². The van der Waals surface area contributed by atoms with E-state index >= 15 is 0 Å². The Hall–Kier alpha value is -0.780. The third-order valence-corrected chi connectivity index (χ3v) is 3.83. The highest BCUT2D eigenvalue weighted by Gasteiger charge is 2.13. The van der Waals surface area contributed by atoms with E-state index < -0.39 is 0 Å². The van der Waals surface area contributed by atoms with Crippen molar-refractivity contribution in [3.8, 4) is 11.3 Å². The van der Waals surface area contributed by atoms with Crippen molar-refractivity contribution in [3.05, 3.63) is 32.3 Å². The van der Waals surface area contributed by atoms with Gasteiger partial charge in [-0.15, -0.1) is 0 Å². The fourth-order valence-corrected chi connectivity index (χ4v) is 2.79. The van der Waals surface area contributed by atoms with Gasteiger partial charge >= 0.3 is 0 Å². The summed E-state index contributed by atoms with van der Waals surface area (Å²) in [7, 11) is 0. The largest absolute Gasteiger partial charge is 0.298 e. The highest BCUT2D eigenvalue weighted by molar-refractivity contribution is 9.10. The molecule has 76 valence electrons.